The number of methoxy groups -OCH3 is 1. The third-order valence-corrected chi connectivity index (χ3v) is 1.42. The molecule has 0 bridgehead atoms. The predicted octanol–water partition coefficient (Wildman–Crippen LogP) is 0.535. The molecule has 0 amide bonds. The number of hydrogen-bond acceptors (Lipinski definition) is 6. The zero-order valence-electron chi connectivity index (χ0n) is 6.84. The Bertz CT molecular complexity index is 370. The molecule has 0 atom stereocenters. The maximum Gasteiger partial charge on any atom is 0.316 e. The van der Waals surface area contributed by atoms with E-state index < -0.39 is 0 Å². The zero-order chi connectivity index (χ0) is 9.10. The topological polar surface area (TPSA) is 73.9 Å². The molecule has 0 unspecified atom stereocenters. The number of aromatic nitrogens is 4. The molecule has 0 aliphatic carbocycles. The van der Waals surface area contributed by atoms with Gasteiger partial charge in [-0.05, 0) is 0 Å². The van der Waals surface area contributed by atoms with Gasteiger partial charge in [0.25, 0.3) is 5.89 Å². The van der Waals surface area contributed by atoms with Gasteiger partial charge in [-0.25, -0.2) is 9.97 Å². The molecular weight excluding hydrogens is 172 g/mol. The largest absolute Gasteiger partial charge is 0.467 e. The average Bonchev–Trinajstić information content (AvgIpc) is 2.71. The van der Waals surface area contributed by atoms with E-state index in [0.29, 0.717) is 17.5 Å². The summed E-state index contributed by atoms with van der Waals surface area (Å²) in [5.74, 6) is 0.391. The minimum Gasteiger partial charge on any atom is -0.467 e. The molecule has 6 heteroatoms. The van der Waals surface area contributed by atoms with E-state index in [1.54, 1.807) is 12.4 Å². The highest BCUT2D eigenvalue weighted by Crippen LogP contribution is 2.13. The molecule has 2 heterocycles. The summed E-state index contributed by atoms with van der Waals surface area (Å²) in [5.41, 5.74) is 0.665. The minimum atomic E-state index is 0.309. The summed E-state index contributed by atoms with van der Waals surface area (Å²) < 4.78 is 9.61. The van der Waals surface area contributed by atoms with E-state index in [-0.39, 0.29) is 0 Å². The summed E-state index contributed by atoms with van der Waals surface area (Å²) in [6, 6.07) is 0.309. The van der Waals surface area contributed by atoms with Crippen molar-refractivity contribution in [2.45, 2.75) is 0 Å². The van der Waals surface area contributed by atoms with Gasteiger partial charge in [0.1, 0.15) is 0 Å². The van der Waals surface area contributed by atoms with Crippen molar-refractivity contribution in [3.63, 3.8) is 0 Å². The molecule has 0 radical (unpaired) electrons. The molecule has 0 aliphatic rings. The molecule has 2 rings (SSSR count). The van der Waals surface area contributed by atoms with Crippen LogP contribution in [-0.2, 0) is 0 Å². The number of rotatable bonds is 2. The van der Waals surface area contributed by atoms with Crippen LogP contribution >= 0.6 is 0 Å². The van der Waals surface area contributed by atoms with Gasteiger partial charge < -0.3 is 9.26 Å². The Kier molecular flexibility index (Phi) is 1.87. The lowest BCUT2D eigenvalue weighted by Crippen LogP contribution is -1.91. The van der Waals surface area contributed by atoms with Gasteiger partial charge in [-0.2, -0.15) is 4.98 Å². The predicted molar refractivity (Wildman–Crippen MR) is 41.9 cm³/mol. The molecule has 2 aromatic rings. The van der Waals surface area contributed by atoms with E-state index in [1.165, 1.54) is 13.4 Å². The van der Waals surface area contributed by atoms with Crippen LogP contribution in [-0.4, -0.2) is 27.2 Å². The molecule has 0 aliphatic heterocycles. The third-order valence-electron chi connectivity index (χ3n) is 1.42. The van der Waals surface area contributed by atoms with Gasteiger partial charge in [-0.3, -0.25) is 0 Å². The van der Waals surface area contributed by atoms with Gasteiger partial charge in [-0.1, -0.05) is 5.16 Å². The molecule has 13 heavy (non-hydrogen) atoms. The molecule has 0 spiro atoms. The van der Waals surface area contributed by atoms with Crippen LogP contribution in [0, 0.1) is 0 Å². The number of hydrogen-bond donors (Lipinski definition) is 0. The maximum absolute atomic E-state index is 4.81. The van der Waals surface area contributed by atoms with Gasteiger partial charge in [0.2, 0.25) is 0 Å². The van der Waals surface area contributed by atoms with Crippen LogP contribution in [0.1, 0.15) is 0 Å². The van der Waals surface area contributed by atoms with Crippen molar-refractivity contribution in [1.82, 2.24) is 20.1 Å². The van der Waals surface area contributed by atoms with Crippen molar-refractivity contribution in [3.05, 3.63) is 18.7 Å². The lowest BCUT2D eigenvalue weighted by atomic mass is 10.3. The minimum absolute atomic E-state index is 0.309. The fraction of sp³-hybridized carbons (Fsp3) is 0.143. The average molecular weight is 178 g/mol. The third kappa shape index (κ3) is 1.46. The van der Waals surface area contributed by atoms with E-state index in [1.807, 2.05) is 0 Å². The highest BCUT2D eigenvalue weighted by Gasteiger charge is 2.04. The van der Waals surface area contributed by atoms with Crippen molar-refractivity contribution >= 4 is 0 Å². The molecule has 66 valence electrons. The van der Waals surface area contributed by atoms with Gasteiger partial charge in [-0.15, -0.1) is 0 Å². The van der Waals surface area contributed by atoms with Crippen LogP contribution in [0.25, 0.3) is 11.5 Å². The highest BCUT2D eigenvalue weighted by atomic mass is 16.5. The fourth-order valence-corrected chi connectivity index (χ4v) is 0.832. The van der Waals surface area contributed by atoms with Crippen LogP contribution < -0.4 is 4.74 Å². The van der Waals surface area contributed by atoms with Gasteiger partial charge in [0.05, 0.1) is 12.7 Å². The summed E-state index contributed by atoms with van der Waals surface area (Å²) in [6.07, 6.45) is 4.43. The Balaban J connectivity index is 2.33. The molecular formula is C7H6N4O2. The fourth-order valence-electron chi connectivity index (χ4n) is 0.832. The maximum atomic E-state index is 4.81. The molecule has 0 aromatic carbocycles. The van der Waals surface area contributed by atoms with Crippen LogP contribution in [0.15, 0.2) is 23.2 Å². The van der Waals surface area contributed by atoms with Crippen molar-refractivity contribution in [2.75, 3.05) is 7.11 Å². The lowest BCUT2D eigenvalue weighted by molar-refractivity contribution is 0.379. The van der Waals surface area contributed by atoms with E-state index >= 15 is 0 Å². The summed E-state index contributed by atoms with van der Waals surface area (Å²) in [6.45, 7) is 0. The highest BCUT2D eigenvalue weighted by molar-refractivity contribution is 5.48. The van der Waals surface area contributed by atoms with Gasteiger partial charge in [0.15, 0.2) is 6.33 Å². The van der Waals surface area contributed by atoms with E-state index in [9.17, 15) is 0 Å². The molecule has 6 nitrogen and oxygen atoms in total. The standard InChI is InChI=1S/C7H6N4O2/c1-12-7-8-2-5(3-9-7)6-10-4-11-13-6/h2-4H,1H3. The summed E-state index contributed by atoms with van der Waals surface area (Å²) in [5, 5.41) is 3.47. The lowest BCUT2D eigenvalue weighted by Gasteiger charge is -1.96. The molecule has 2 aromatic heterocycles. The Hall–Kier alpha value is -1.98. The smallest absolute Gasteiger partial charge is 0.316 e. The molecule has 0 saturated carbocycles. The van der Waals surface area contributed by atoms with Crippen molar-refractivity contribution in [3.8, 4) is 17.5 Å². The summed E-state index contributed by atoms with van der Waals surface area (Å²) in [7, 11) is 1.50. The normalized spacial score (nSPS) is 9.92. The Morgan fingerprint density at radius 2 is 2.00 bits per heavy atom. The summed E-state index contributed by atoms with van der Waals surface area (Å²) >= 11 is 0. The first-order valence-corrected chi connectivity index (χ1v) is 3.53. The zero-order valence-corrected chi connectivity index (χ0v) is 6.84. The van der Waals surface area contributed by atoms with Crippen molar-refractivity contribution < 1.29 is 9.26 Å². The second-order valence-corrected chi connectivity index (χ2v) is 2.20. The summed E-state index contributed by atoms with van der Waals surface area (Å²) in [4.78, 5) is 11.6. The molecule has 0 saturated heterocycles. The van der Waals surface area contributed by atoms with E-state index in [2.05, 4.69) is 20.1 Å². The van der Waals surface area contributed by atoms with Crippen LogP contribution in [0.5, 0.6) is 6.01 Å². The van der Waals surface area contributed by atoms with Gasteiger partial charge in [0, 0.05) is 12.4 Å². The van der Waals surface area contributed by atoms with Crippen LogP contribution in [0.2, 0.25) is 0 Å². The monoisotopic (exact) mass is 178 g/mol. The van der Waals surface area contributed by atoms with Crippen molar-refractivity contribution in [1.29, 1.82) is 0 Å². The SMILES string of the molecule is COc1ncc(-c2ncno2)cn1. The molecule has 0 fully saturated rings. The first-order chi connectivity index (χ1) is 6.40. The quantitative estimate of drug-likeness (QED) is 0.667. The first kappa shape index (κ1) is 7.66. The van der Waals surface area contributed by atoms with Crippen LogP contribution in [0.3, 0.4) is 0 Å². The van der Waals surface area contributed by atoms with E-state index in [0.717, 1.165) is 0 Å². The molecule has 0 N–H and O–H groups in total. The second kappa shape index (κ2) is 3.18. The Morgan fingerprint density at radius 3 is 2.54 bits per heavy atom. The van der Waals surface area contributed by atoms with Crippen molar-refractivity contribution in [2.24, 2.45) is 0 Å². The van der Waals surface area contributed by atoms with E-state index in [4.69, 9.17) is 9.26 Å². The van der Waals surface area contributed by atoms with Crippen LogP contribution in [0.4, 0.5) is 0 Å². The number of ether oxygens (including phenoxy) is 1. The number of nitrogens with zero attached hydrogens (tertiary/aromatic N) is 4. The first-order valence-electron chi connectivity index (χ1n) is 3.53. The Labute approximate surface area is 73.6 Å². The Morgan fingerprint density at radius 1 is 1.23 bits per heavy atom. The van der Waals surface area contributed by atoms with Gasteiger partial charge >= 0.3 is 6.01 Å². The second-order valence-electron chi connectivity index (χ2n) is 2.20.